The fourth-order valence-corrected chi connectivity index (χ4v) is 1.15. The summed E-state index contributed by atoms with van der Waals surface area (Å²) in [5.41, 5.74) is 0. The number of halogens is 3. The first-order valence-electron chi connectivity index (χ1n) is 3.51. The van der Waals surface area contributed by atoms with Crippen LogP contribution in [0.4, 0.5) is 0 Å². The van der Waals surface area contributed by atoms with Crippen LogP contribution >= 0.6 is 34.8 Å². The van der Waals surface area contributed by atoms with Crippen molar-refractivity contribution in [1.82, 2.24) is 0 Å². The smallest absolute Gasteiger partial charge is 0.139 e. The molecule has 0 N–H and O–H groups in total. The topological polar surface area (TPSA) is 9.23 Å². The second-order valence-corrected chi connectivity index (χ2v) is 3.68. The SMILES string of the molecule is C=C(Cl)COc1cccc(Cl)c1Cl. The maximum atomic E-state index is 5.85. The summed E-state index contributed by atoms with van der Waals surface area (Å²) >= 11 is 17.1. The third kappa shape index (κ3) is 3.11. The maximum absolute atomic E-state index is 5.85. The second kappa shape index (κ2) is 4.75. The Hall–Kier alpha value is -0.370. The molecule has 1 rings (SSSR count). The van der Waals surface area contributed by atoms with Crippen molar-refractivity contribution in [2.24, 2.45) is 0 Å². The van der Waals surface area contributed by atoms with Gasteiger partial charge in [0, 0.05) is 5.03 Å². The Morgan fingerprint density at radius 1 is 1.38 bits per heavy atom. The molecule has 0 aliphatic rings. The molecule has 0 atom stereocenters. The van der Waals surface area contributed by atoms with Crippen molar-refractivity contribution in [3.05, 3.63) is 39.9 Å². The summed E-state index contributed by atoms with van der Waals surface area (Å²) in [6.07, 6.45) is 0. The van der Waals surface area contributed by atoms with Crippen LogP contribution in [0.15, 0.2) is 29.8 Å². The third-order valence-corrected chi connectivity index (χ3v) is 2.21. The highest BCUT2D eigenvalue weighted by Gasteiger charge is 2.04. The minimum absolute atomic E-state index is 0.224. The van der Waals surface area contributed by atoms with Crippen molar-refractivity contribution in [2.45, 2.75) is 0 Å². The molecule has 13 heavy (non-hydrogen) atoms. The largest absolute Gasteiger partial charge is 0.486 e. The molecule has 1 aromatic carbocycles. The summed E-state index contributed by atoms with van der Waals surface area (Å²) in [5, 5.41) is 1.26. The Morgan fingerprint density at radius 2 is 2.08 bits per heavy atom. The summed E-state index contributed by atoms with van der Waals surface area (Å²) in [5.74, 6) is 0.510. The van der Waals surface area contributed by atoms with Crippen LogP contribution in [0, 0.1) is 0 Å². The van der Waals surface area contributed by atoms with Crippen LogP contribution < -0.4 is 4.74 Å². The van der Waals surface area contributed by atoms with Gasteiger partial charge in [-0.3, -0.25) is 0 Å². The quantitative estimate of drug-likeness (QED) is 0.768. The molecule has 0 bridgehead atoms. The summed E-state index contributed by atoms with van der Waals surface area (Å²) in [6.45, 7) is 3.71. The molecule has 1 aromatic rings. The van der Waals surface area contributed by atoms with E-state index in [2.05, 4.69) is 6.58 Å². The van der Waals surface area contributed by atoms with Crippen molar-refractivity contribution in [3.8, 4) is 5.75 Å². The van der Waals surface area contributed by atoms with E-state index in [1.54, 1.807) is 18.2 Å². The Kier molecular flexibility index (Phi) is 3.91. The van der Waals surface area contributed by atoms with E-state index in [-0.39, 0.29) is 6.61 Å². The summed E-state index contributed by atoms with van der Waals surface area (Å²) in [7, 11) is 0. The summed E-state index contributed by atoms with van der Waals surface area (Å²) in [4.78, 5) is 0. The van der Waals surface area contributed by atoms with Crippen molar-refractivity contribution in [2.75, 3.05) is 6.61 Å². The van der Waals surface area contributed by atoms with Gasteiger partial charge in [0.05, 0.1) is 5.02 Å². The van der Waals surface area contributed by atoms with Gasteiger partial charge in [-0.1, -0.05) is 47.4 Å². The zero-order valence-electron chi connectivity index (χ0n) is 6.69. The number of hydrogen-bond donors (Lipinski definition) is 0. The third-order valence-electron chi connectivity index (χ3n) is 1.30. The van der Waals surface area contributed by atoms with Gasteiger partial charge in [0.15, 0.2) is 0 Å². The molecule has 0 heterocycles. The van der Waals surface area contributed by atoms with Crippen LogP contribution in [0.3, 0.4) is 0 Å². The first kappa shape index (κ1) is 10.7. The van der Waals surface area contributed by atoms with E-state index >= 15 is 0 Å². The fraction of sp³-hybridized carbons (Fsp3) is 0.111. The molecule has 70 valence electrons. The maximum Gasteiger partial charge on any atom is 0.139 e. The lowest BCUT2D eigenvalue weighted by Crippen LogP contribution is -1.96. The zero-order chi connectivity index (χ0) is 9.84. The van der Waals surface area contributed by atoms with Crippen LogP contribution in [0.1, 0.15) is 0 Å². The van der Waals surface area contributed by atoms with Gasteiger partial charge in [0.25, 0.3) is 0 Å². The van der Waals surface area contributed by atoms with Crippen LogP contribution in [0.2, 0.25) is 10.0 Å². The van der Waals surface area contributed by atoms with Crippen LogP contribution in [-0.2, 0) is 0 Å². The molecule has 0 amide bonds. The first-order valence-corrected chi connectivity index (χ1v) is 4.64. The molecule has 1 nitrogen and oxygen atoms in total. The minimum atomic E-state index is 0.224. The Morgan fingerprint density at radius 3 is 2.69 bits per heavy atom. The van der Waals surface area contributed by atoms with Crippen molar-refractivity contribution >= 4 is 34.8 Å². The summed E-state index contributed by atoms with van der Waals surface area (Å²) < 4.78 is 5.23. The number of ether oxygens (including phenoxy) is 1. The molecular weight excluding hydrogens is 230 g/mol. The molecule has 0 aliphatic heterocycles. The van der Waals surface area contributed by atoms with E-state index in [4.69, 9.17) is 39.5 Å². The molecular formula is C9H7Cl3O. The monoisotopic (exact) mass is 236 g/mol. The van der Waals surface area contributed by atoms with Crippen LogP contribution in [0.25, 0.3) is 0 Å². The normalized spacial score (nSPS) is 9.77. The lowest BCUT2D eigenvalue weighted by atomic mass is 10.3. The van der Waals surface area contributed by atoms with Gasteiger partial charge in [-0.05, 0) is 12.1 Å². The van der Waals surface area contributed by atoms with Crippen molar-refractivity contribution < 1.29 is 4.74 Å². The van der Waals surface area contributed by atoms with E-state index in [9.17, 15) is 0 Å². The predicted molar refractivity (Wildman–Crippen MR) is 57.0 cm³/mol. The predicted octanol–water partition coefficient (Wildman–Crippen LogP) is 4.12. The Bertz CT molecular complexity index is 323. The molecule has 0 aromatic heterocycles. The fourth-order valence-electron chi connectivity index (χ4n) is 0.752. The highest BCUT2D eigenvalue weighted by molar-refractivity contribution is 6.42. The number of hydrogen-bond acceptors (Lipinski definition) is 1. The van der Waals surface area contributed by atoms with E-state index in [1.165, 1.54) is 0 Å². The number of benzene rings is 1. The molecule has 0 radical (unpaired) electrons. The van der Waals surface area contributed by atoms with Crippen LogP contribution in [0.5, 0.6) is 5.75 Å². The van der Waals surface area contributed by atoms with E-state index in [1.807, 2.05) is 0 Å². The lowest BCUT2D eigenvalue weighted by Gasteiger charge is -2.07. The number of rotatable bonds is 3. The molecule has 0 saturated carbocycles. The molecule has 0 saturated heterocycles. The molecule has 0 aliphatic carbocycles. The van der Waals surface area contributed by atoms with E-state index < -0.39 is 0 Å². The zero-order valence-corrected chi connectivity index (χ0v) is 8.96. The standard InChI is InChI=1S/C9H7Cl3O/c1-6(10)5-13-8-4-2-3-7(11)9(8)12/h2-4H,1,5H2. The highest BCUT2D eigenvalue weighted by atomic mass is 35.5. The van der Waals surface area contributed by atoms with E-state index in [0.717, 1.165) is 0 Å². The average Bonchev–Trinajstić information content (AvgIpc) is 2.07. The van der Waals surface area contributed by atoms with Gasteiger partial charge < -0.3 is 4.74 Å². The lowest BCUT2D eigenvalue weighted by molar-refractivity contribution is 0.360. The molecule has 0 spiro atoms. The van der Waals surface area contributed by atoms with Gasteiger partial charge in [-0.2, -0.15) is 0 Å². The second-order valence-electron chi connectivity index (χ2n) is 2.36. The van der Waals surface area contributed by atoms with Crippen molar-refractivity contribution in [1.29, 1.82) is 0 Å². The first-order chi connectivity index (χ1) is 6.11. The van der Waals surface area contributed by atoms with Gasteiger partial charge in [-0.25, -0.2) is 0 Å². The van der Waals surface area contributed by atoms with Crippen LogP contribution in [-0.4, -0.2) is 6.61 Å². The van der Waals surface area contributed by atoms with Gasteiger partial charge in [0.2, 0.25) is 0 Å². The van der Waals surface area contributed by atoms with Gasteiger partial charge in [0.1, 0.15) is 17.4 Å². The minimum Gasteiger partial charge on any atom is -0.486 e. The summed E-state index contributed by atoms with van der Waals surface area (Å²) in [6, 6.07) is 5.15. The van der Waals surface area contributed by atoms with Gasteiger partial charge >= 0.3 is 0 Å². The molecule has 0 fully saturated rings. The molecule has 4 heteroatoms. The highest BCUT2D eigenvalue weighted by Crippen LogP contribution is 2.31. The van der Waals surface area contributed by atoms with E-state index in [0.29, 0.717) is 20.8 Å². The average molecular weight is 238 g/mol. The molecule has 0 unspecified atom stereocenters. The Labute approximate surface area is 91.9 Å². The van der Waals surface area contributed by atoms with Crippen molar-refractivity contribution in [3.63, 3.8) is 0 Å². The van der Waals surface area contributed by atoms with Gasteiger partial charge in [-0.15, -0.1) is 0 Å². The Balaban J connectivity index is 2.77.